The number of aromatic nitrogens is 1. The van der Waals surface area contributed by atoms with Crippen molar-refractivity contribution in [1.82, 2.24) is 9.88 Å². The third-order valence-electron chi connectivity index (χ3n) is 3.12. The molecule has 0 saturated heterocycles. The molecule has 6 heteroatoms. The number of benzene rings is 1. The first-order valence-electron chi connectivity index (χ1n) is 7.11. The molecule has 2 aromatic rings. The minimum Gasteiger partial charge on any atom is -0.431 e. The summed E-state index contributed by atoms with van der Waals surface area (Å²) in [6.07, 6.45) is 4.00. The maximum absolute atomic E-state index is 12.9. The van der Waals surface area contributed by atoms with E-state index in [0.29, 0.717) is 17.4 Å². The third kappa shape index (κ3) is 4.87. The molecule has 0 fully saturated rings. The molecule has 0 radical (unpaired) electrons. The fraction of sp³-hybridized carbons (Fsp3) is 0.375. The van der Waals surface area contributed by atoms with Crippen LogP contribution in [-0.2, 0) is 4.79 Å². The molecule has 1 aromatic carbocycles. The zero-order chi connectivity index (χ0) is 15.9. The highest BCUT2D eigenvalue weighted by atomic mass is 32.2. The lowest BCUT2D eigenvalue weighted by molar-refractivity contribution is -0.128. The lowest BCUT2D eigenvalue weighted by Gasteiger charge is -2.09. The molecule has 0 unspecified atom stereocenters. The quantitative estimate of drug-likeness (QED) is 0.574. The summed E-state index contributed by atoms with van der Waals surface area (Å²) in [6, 6.07) is 6.12. The van der Waals surface area contributed by atoms with Crippen LogP contribution in [0, 0.1) is 5.82 Å². The fourth-order valence-electron chi connectivity index (χ4n) is 1.83. The first kappa shape index (κ1) is 16.5. The zero-order valence-electron chi connectivity index (χ0n) is 12.7. The molecule has 0 N–H and O–H groups in total. The van der Waals surface area contributed by atoms with E-state index in [2.05, 4.69) is 4.98 Å². The van der Waals surface area contributed by atoms with Crippen LogP contribution in [0.2, 0.25) is 0 Å². The Hall–Kier alpha value is -1.82. The van der Waals surface area contributed by atoms with Gasteiger partial charge in [0, 0.05) is 31.8 Å². The first-order chi connectivity index (χ1) is 10.6. The normalized spacial score (nSPS) is 10.7. The molecule has 22 heavy (non-hydrogen) atoms. The van der Waals surface area contributed by atoms with Crippen LogP contribution in [0.3, 0.4) is 0 Å². The molecule has 118 valence electrons. The fourth-order valence-corrected chi connectivity index (χ4v) is 2.63. The summed E-state index contributed by atoms with van der Waals surface area (Å²) in [4.78, 5) is 17.2. The molecular weight excluding hydrogens is 303 g/mol. The zero-order valence-corrected chi connectivity index (χ0v) is 13.5. The Balaban J connectivity index is 1.76. The van der Waals surface area contributed by atoms with Crippen LogP contribution in [0.25, 0.3) is 11.3 Å². The van der Waals surface area contributed by atoms with Gasteiger partial charge in [0.15, 0.2) is 5.76 Å². The Labute approximate surface area is 133 Å². The molecule has 0 atom stereocenters. The van der Waals surface area contributed by atoms with Crippen molar-refractivity contribution in [3.63, 3.8) is 0 Å². The van der Waals surface area contributed by atoms with E-state index >= 15 is 0 Å². The van der Waals surface area contributed by atoms with Gasteiger partial charge in [-0.2, -0.15) is 0 Å². The Bertz CT molecular complexity index is 611. The molecule has 0 spiro atoms. The molecule has 1 amide bonds. The number of hydrogen-bond acceptors (Lipinski definition) is 4. The molecule has 0 aliphatic carbocycles. The minimum absolute atomic E-state index is 0.153. The summed E-state index contributed by atoms with van der Waals surface area (Å²) in [6.45, 7) is 0. The van der Waals surface area contributed by atoms with Crippen LogP contribution in [0.4, 0.5) is 4.39 Å². The number of unbranched alkanes of at least 4 members (excludes halogenated alkanes) is 1. The topological polar surface area (TPSA) is 46.3 Å². The van der Waals surface area contributed by atoms with Gasteiger partial charge in [-0.15, -0.1) is 0 Å². The largest absolute Gasteiger partial charge is 0.431 e. The van der Waals surface area contributed by atoms with Gasteiger partial charge in [-0.05, 0) is 37.1 Å². The number of rotatable bonds is 7. The SMILES string of the molecule is CN(C)C(=O)CCCCSc1ncc(-c2ccc(F)cc2)o1. The maximum atomic E-state index is 12.9. The van der Waals surface area contributed by atoms with Gasteiger partial charge < -0.3 is 9.32 Å². The van der Waals surface area contributed by atoms with E-state index in [9.17, 15) is 9.18 Å². The van der Waals surface area contributed by atoms with Gasteiger partial charge in [-0.1, -0.05) is 11.8 Å². The van der Waals surface area contributed by atoms with Crippen molar-refractivity contribution >= 4 is 17.7 Å². The third-order valence-corrected chi connectivity index (χ3v) is 4.05. The summed E-state index contributed by atoms with van der Waals surface area (Å²) < 4.78 is 18.5. The van der Waals surface area contributed by atoms with Gasteiger partial charge in [-0.3, -0.25) is 4.79 Å². The number of carbonyl (C=O) groups is 1. The summed E-state index contributed by atoms with van der Waals surface area (Å²) in [7, 11) is 3.53. The van der Waals surface area contributed by atoms with Crippen molar-refractivity contribution in [2.24, 2.45) is 0 Å². The minimum atomic E-state index is -0.273. The van der Waals surface area contributed by atoms with Gasteiger partial charge in [0.2, 0.25) is 5.91 Å². The second-order valence-electron chi connectivity index (χ2n) is 5.09. The second kappa shape index (κ2) is 7.98. The summed E-state index contributed by atoms with van der Waals surface area (Å²) in [5, 5.41) is 0.596. The number of hydrogen-bond donors (Lipinski definition) is 0. The van der Waals surface area contributed by atoms with Crippen LogP contribution >= 0.6 is 11.8 Å². The van der Waals surface area contributed by atoms with Crippen LogP contribution in [-0.4, -0.2) is 35.6 Å². The van der Waals surface area contributed by atoms with Crippen molar-refractivity contribution in [2.75, 3.05) is 19.8 Å². The molecule has 2 rings (SSSR count). The highest BCUT2D eigenvalue weighted by Gasteiger charge is 2.08. The maximum Gasteiger partial charge on any atom is 0.256 e. The average Bonchev–Trinajstić information content (AvgIpc) is 2.96. The van der Waals surface area contributed by atoms with Crippen LogP contribution < -0.4 is 0 Å². The standard InChI is InChI=1S/C16H19FN2O2S/c1-19(2)15(20)5-3-4-10-22-16-18-11-14(21-16)12-6-8-13(17)9-7-12/h6-9,11H,3-5,10H2,1-2H3. The monoisotopic (exact) mass is 322 g/mol. The van der Waals surface area contributed by atoms with E-state index in [4.69, 9.17) is 4.42 Å². The Morgan fingerprint density at radius 1 is 1.27 bits per heavy atom. The number of oxazole rings is 1. The molecular formula is C16H19FN2O2S. The Morgan fingerprint density at radius 2 is 2.00 bits per heavy atom. The summed E-state index contributed by atoms with van der Waals surface area (Å²) in [5.74, 6) is 1.36. The molecule has 0 aliphatic rings. The average molecular weight is 322 g/mol. The van der Waals surface area contributed by atoms with Gasteiger partial charge in [-0.25, -0.2) is 9.37 Å². The number of amides is 1. The predicted octanol–water partition coefficient (Wildman–Crippen LogP) is 3.83. The molecule has 0 saturated carbocycles. The van der Waals surface area contributed by atoms with Crippen LogP contribution in [0.5, 0.6) is 0 Å². The van der Waals surface area contributed by atoms with E-state index in [1.807, 2.05) is 0 Å². The van der Waals surface area contributed by atoms with Crippen molar-refractivity contribution in [3.05, 3.63) is 36.3 Å². The lowest BCUT2D eigenvalue weighted by Crippen LogP contribution is -2.21. The summed E-state index contributed by atoms with van der Waals surface area (Å²) >= 11 is 1.52. The van der Waals surface area contributed by atoms with Crippen molar-refractivity contribution in [2.45, 2.75) is 24.5 Å². The van der Waals surface area contributed by atoms with Crippen molar-refractivity contribution in [1.29, 1.82) is 0 Å². The van der Waals surface area contributed by atoms with E-state index in [-0.39, 0.29) is 11.7 Å². The number of nitrogens with zero attached hydrogens (tertiary/aromatic N) is 2. The lowest BCUT2D eigenvalue weighted by atomic mass is 10.2. The van der Waals surface area contributed by atoms with Gasteiger partial charge in [0.05, 0.1) is 6.20 Å². The van der Waals surface area contributed by atoms with Gasteiger partial charge >= 0.3 is 0 Å². The van der Waals surface area contributed by atoms with E-state index in [0.717, 1.165) is 24.2 Å². The van der Waals surface area contributed by atoms with E-state index < -0.39 is 0 Å². The molecule has 0 bridgehead atoms. The second-order valence-corrected chi connectivity index (χ2v) is 6.14. The molecule has 1 heterocycles. The Kier molecular flexibility index (Phi) is 6.00. The van der Waals surface area contributed by atoms with Crippen molar-refractivity contribution < 1.29 is 13.6 Å². The number of carbonyl (C=O) groups excluding carboxylic acids is 1. The molecule has 4 nitrogen and oxygen atoms in total. The smallest absolute Gasteiger partial charge is 0.256 e. The molecule has 1 aromatic heterocycles. The van der Waals surface area contributed by atoms with Crippen LogP contribution in [0.1, 0.15) is 19.3 Å². The number of halogens is 1. The highest BCUT2D eigenvalue weighted by Crippen LogP contribution is 2.26. The van der Waals surface area contributed by atoms with Gasteiger partial charge in [0.25, 0.3) is 5.22 Å². The highest BCUT2D eigenvalue weighted by molar-refractivity contribution is 7.99. The predicted molar refractivity (Wildman–Crippen MR) is 85.2 cm³/mol. The number of thioether (sulfide) groups is 1. The summed E-state index contributed by atoms with van der Waals surface area (Å²) in [5.41, 5.74) is 0.803. The Morgan fingerprint density at radius 3 is 2.68 bits per heavy atom. The van der Waals surface area contributed by atoms with Crippen molar-refractivity contribution in [3.8, 4) is 11.3 Å². The van der Waals surface area contributed by atoms with E-state index in [1.165, 1.54) is 23.9 Å². The van der Waals surface area contributed by atoms with Gasteiger partial charge in [0.1, 0.15) is 5.82 Å². The first-order valence-corrected chi connectivity index (χ1v) is 8.09. The van der Waals surface area contributed by atoms with Crippen LogP contribution in [0.15, 0.2) is 40.1 Å². The molecule has 0 aliphatic heterocycles. The van der Waals surface area contributed by atoms with E-state index in [1.54, 1.807) is 37.3 Å².